The monoisotopic (exact) mass is 260 g/mol. The molecular weight excluding hydrogens is 244 g/mol. The van der Waals surface area contributed by atoms with Gasteiger partial charge in [0.15, 0.2) is 0 Å². The summed E-state index contributed by atoms with van der Waals surface area (Å²) in [5.74, 6) is -0.409. The molecule has 0 bridgehead atoms. The van der Waals surface area contributed by atoms with E-state index in [2.05, 4.69) is 10.0 Å². The number of hydrogen-bond acceptors (Lipinski definition) is 4. The van der Waals surface area contributed by atoms with E-state index in [9.17, 15) is 4.79 Å². The molecule has 0 atom stereocenters. The van der Waals surface area contributed by atoms with Crippen LogP contribution in [0.3, 0.4) is 0 Å². The third-order valence-electron chi connectivity index (χ3n) is 2.64. The van der Waals surface area contributed by atoms with Gasteiger partial charge in [-0.05, 0) is 42.1 Å². The molecule has 19 heavy (non-hydrogen) atoms. The summed E-state index contributed by atoms with van der Waals surface area (Å²) >= 11 is 0. The summed E-state index contributed by atoms with van der Waals surface area (Å²) in [5.41, 5.74) is 16.5. The molecule has 100 valence electrons. The van der Waals surface area contributed by atoms with Crippen molar-refractivity contribution in [3.8, 4) is 0 Å². The summed E-state index contributed by atoms with van der Waals surface area (Å²) < 4.78 is 4.71. The Hall–Kier alpha value is -2.46. The van der Waals surface area contributed by atoms with Gasteiger partial charge in [0.2, 0.25) is 0 Å². The van der Waals surface area contributed by atoms with Crippen LogP contribution in [0.1, 0.15) is 27.9 Å². The SMILES string of the molecule is COC(=O)c1cc(C=CCCN=[N+]=[N-])cc(N)c1C. The molecule has 1 aromatic carbocycles. The number of azide groups is 1. The average molecular weight is 260 g/mol. The highest BCUT2D eigenvalue weighted by Crippen LogP contribution is 2.20. The Bertz CT molecular complexity index is 546. The van der Waals surface area contributed by atoms with E-state index in [0.29, 0.717) is 29.8 Å². The first-order valence-corrected chi connectivity index (χ1v) is 5.76. The third kappa shape index (κ3) is 4.04. The minimum atomic E-state index is -0.409. The second-order valence-corrected chi connectivity index (χ2v) is 3.92. The van der Waals surface area contributed by atoms with Crippen LogP contribution in [-0.4, -0.2) is 19.6 Å². The normalized spacial score (nSPS) is 10.2. The fourth-order valence-corrected chi connectivity index (χ4v) is 1.57. The Labute approximate surface area is 111 Å². The summed E-state index contributed by atoms with van der Waals surface area (Å²) in [6.07, 6.45) is 4.32. The molecule has 0 amide bonds. The van der Waals surface area contributed by atoms with Crippen LogP contribution in [0.15, 0.2) is 23.3 Å². The van der Waals surface area contributed by atoms with Gasteiger partial charge in [-0.25, -0.2) is 4.79 Å². The molecule has 0 radical (unpaired) electrons. The molecule has 0 aliphatic rings. The van der Waals surface area contributed by atoms with Crippen LogP contribution in [0.5, 0.6) is 0 Å². The fraction of sp³-hybridized carbons (Fsp3) is 0.308. The van der Waals surface area contributed by atoms with Crippen molar-refractivity contribution >= 4 is 17.7 Å². The number of nitrogens with two attached hydrogens (primary N) is 1. The van der Waals surface area contributed by atoms with Gasteiger partial charge in [-0.1, -0.05) is 17.3 Å². The predicted octanol–water partition coefficient (Wildman–Crippen LogP) is 3.08. The number of anilines is 1. The lowest BCUT2D eigenvalue weighted by atomic mass is 10.0. The first-order valence-electron chi connectivity index (χ1n) is 5.76. The predicted molar refractivity (Wildman–Crippen MR) is 74.6 cm³/mol. The van der Waals surface area contributed by atoms with E-state index in [1.54, 1.807) is 19.1 Å². The van der Waals surface area contributed by atoms with Gasteiger partial charge in [-0.2, -0.15) is 0 Å². The molecule has 1 aromatic rings. The minimum absolute atomic E-state index is 0.401. The van der Waals surface area contributed by atoms with E-state index in [1.165, 1.54) is 7.11 Å². The zero-order valence-corrected chi connectivity index (χ0v) is 11.0. The highest BCUT2D eigenvalue weighted by atomic mass is 16.5. The molecule has 6 heteroatoms. The molecule has 0 aliphatic carbocycles. The van der Waals surface area contributed by atoms with Gasteiger partial charge in [0, 0.05) is 17.1 Å². The Balaban J connectivity index is 2.94. The smallest absolute Gasteiger partial charge is 0.338 e. The lowest BCUT2D eigenvalue weighted by Crippen LogP contribution is -2.06. The van der Waals surface area contributed by atoms with Gasteiger partial charge in [0.05, 0.1) is 12.7 Å². The van der Waals surface area contributed by atoms with Crippen molar-refractivity contribution in [1.29, 1.82) is 0 Å². The molecule has 0 unspecified atom stereocenters. The van der Waals surface area contributed by atoms with Gasteiger partial charge in [0.1, 0.15) is 0 Å². The van der Waals surface area contributed by atoms with Crippen LogP contribution in [0, 0.1) is 6.92 Å². The first-order chi connectivity index (χ1) is 9.10. The summed E-state index contributed by atoms with van der Waals surface area (Å²) in [4.78, 5) is 14.3. The fourth-order valence-electron chi connectivity index (χ4n) is 1.57. The molecule has 1 rings (SSSR count). The summed E-state index contributed by atoms with van der Waals surface area (Å²) in [7, 11) is 1.33. The Morgan fingerprint density at radius 2 is 2.32 bits per heavy atom. The highest BCUT2D eigenvalue weighted by molar-refractivity contribution is 5.93. The third-order valence-corrected chi connectivity index (χ3v) is 2.64. The number of carbonyl (C=O) groups excluding carboxylic acids is 1. The first kappa shape index (κ1) is 14.6. The van der Waals surface area contributed by atoms with Crippen LogP contribution in [-0.2, 0) is 4.74 Å². The number of ether oxygens (including phenoxy) is 1. The Kier molecular flexibility index (Phi) is 5.44. The second kappa shape index (κ2) is 7.08. The Morgan fingerprint density at radius 3 is 2.95 bits per heavy atom. The van der Waals surface area contributed by atoms with Gasteiger partial charge >= 0.3 is 5.97 Å². The average Bonchev–Trinajstić information content (AvgIpc) is 2.41. The van der Waals surface area contributed by atoms with Crippen LogP contribution >= 0.6 is 0 Å². The van der Waals surface area contributed by atoms with Crippen LogP contribution < -0.4 is 5.73 Å². The molecule has 0 aromatic heterocycles. The number of rotatable bonds is 5. The maximum absolute atomic E-state index is 11.6. The Morgan fingerprint density at radius 1 is 1.58 bits per heavy atom. The second-order valence-electron chi connectivity index (χ2n) is 3.92. The van der Waals surface area contributed by atoms with E-state index in [0.717, 1.165) is 5.56 Å². The molecular formula is C13H16N4O2. The molecule has 0 fully saturated rings. The van der Waals surface area contributed by atoms with Crippen LogP contribution in [0.25, 0.3) is 16.5 Å². The van der Waals surface area contributed by atoms with Crippen molar-refractivity contribution in [3.05, 3.63) is 45.3 Å². The van der Waals surface area contributed by atoms with E-state index in [4.69, 9.17) is 16.0 Å². The number of benzene rings is 1. The molecule has 0 heterocycles. The molecule has 0 spiro atoms. The zero-order chi connectivity index (χ0) is 14.3. The number of carbonyl (C=O) groups is 1. The standard InChI is InChI=1S/C13H16N4O2/c1-9-11(13(18)19-2)7-10(8-12(9)14)5-3-4-6-16-17-15/h3,5,7-8H,4,6,14H2,1-2H3. The molecule has 0 saturated heterocycles. The van der Waals surface area contributed by atoms with Crippen molar-refractivity contribution in [1.82, 2.24) is 0 Å². The summed E-state index contributed by atoms with van der Waals surface area (Å²) in [5, 5.41) is 3.42. The van der Waals surface area contributed by atoms with E-state index >= 15 is 0 Å². The zero-order valence-electron chi connectivity index (χ0n) is 11.0. The summed E-state index contributed by atoms with van der Waals surface area (Å²) in [6, 6.07) is 3.51. The van der Waals surface area contributed by atoms with E-state index in [1.807, 2.05) is 12.2 Å². The minimum Gasteiger partial charge on any atom is -0.465 e. The number of hydrogen-bond donors (Lipinski definition) is 1. The van der Waals surface area contributed by atoms with Crippen molar-refractivity contribution in [3.63, 3.8) is 0 Å². The van der Waals surface area contributed by atoms with Crippen molar-refractivity contribution in [2.24, 2.45) is 5.11 Å². The largest absolute Gasteiger partial charge is 0.465 e. The van der Waals surface area contributed by atoms with E-state index in [-0.39, 0.29) is 0 Å². The molecule has 0 aliphatic heterocycles. The van der Waals surface area contributed by atoms with Crippen molar-refractivity contribution in [2.75, 3.05) is 19.4 Å². The maximum atomic E-state index is 11.6. The lowest BCUT2D eigenvalue weighted by molar-refractivity contribution is 0.0600. The van der Waals surface area contributed by atoms with Gasteiger partial charge in [0.25, 0.3) is 0 Å². The van der Waals surface area contributed by atoms with Crippen molar-refractivity contribution in [2.45, 2.75) is 13.3 Å². The number of nitrogens with zero attached hydrogens (tertiary/aromatic N) is 3. The van der Waals surface area contributed by atoms with Crippen LogP contribution in [0.2, 0.25) is 0 Å². The lowest BCUT2D eigenvalue weighted by Gasteiger charge is -2.08. The highest BCUT2D eigenvalue weighted by Gasteiger charge is 2.11. The molecule has 6 nitrogen and oxygen atoms in total. The van der Waals surface area contributed by atoms with Gasteiger partial charge in [-0.15, -0.1) is 0 Å². The number of esters is 1. The maximum Gasteiger partial charge on any atom is 0.338 e. The number of methoxy groups -OCH3 is 1. The van der Waals surface area contributed by atoms with E-state index < -0.39 is 5.97 Å². The number of nitrogen functional groups attached to an aromatic ring is 1. The molecule has 2 N–H and O–H groups in total. The molecule has 0 saturated carbocycles. The summed E-state index contributed by atoms with van der Waals surface area (Å²) in [6.45, 7) is 2.18. The topological polar surface area (TPSA) is 101 Å². The van der Waals surface area contributed by atoms with Gasteiger partial charge < -0.3 is 10.5 Å². The van der Waals surface area contributed by atoms with Gasteiger partial charge in [-0.3, -0.25) is 0 Å². The van der Waals surface area contributed by atoms with Crippen molar-refractivity contribution < 1.29 is 9.53 Å². The van der Waals surface area contributed by atoms with Crippen LogP contribution in [0.4, 0.5) is 5.69 Å². The quantitative estimate of drug-likeness (QED) is 0.220.